The Kier molecular flexibility index (Phi) is 3.53. The van der Waals surface area contributed by atoms with Crippen molar-refractivity contribution in [3.8, 4) is 0 Å². The van der Waals surface area contributed by atoms with Gasteiger partial charge >= 0.3 is 0 Å². The number of rotatable bonds is 1. The Morgan fingerprint density at radius 3 is 2.20 bits per heavy atom. The number of piperidine rings is 1. The van der Waals surface area contributed by atoms with E-state index in [1.165, 1.54) is 38.5 Å². The first-order valence-electron chi connectivity index (χ1n) is 8.30. The monoisotopic (exact) mass is 281 g/mol. The van der Waals surface area contributed by atoms with E-state index in [1.807, 2.05) is 0 Å². The Morgan fingerprint density at radius 1 is 0.800 bits per heavy atom. The molecule has 114 valence electrons. The van der Waals surface area contributed by atoms with Crippen LogP contribution in [-0.2, 0) is 14.2 Å². The molecule has 4 aliphatic heterocycles. The molecule has 0 aromatic carbocycles. The van der Waals surface area contributed by atoms with E-state index >= 15 is 0 Å². The molecular formula is C16H27NO3. The van der Waals surface area contributed by atoms with E-state index in [9.17, 15) is 0 Å². The van der Waals surface area contributed by atoms with E-state index in [4.69, 9.17) is 14.2 Å². The van der Waals surface area contributed by atoms with Crippen molar-refractivity contribution < 1.29 is 14.2 Å². The van der Waals surface area contributed by atoms with Crippen molar-refractivity contribution in [3.63, 3.8) is 0 Å². The highest BCUT2D eigenvalue weighted by Gasteiger charge is 2.46. The summed E-state index contributed by atoms with van der Waals surface area (Å²) in [6.07, 6.45) is 7.72. The maximum Gasteiger partial charge on any atom is 0.0734 e. The summed E-state index contributed by atoms with van der Waals surface area (Å²) in [5.41, 5.74) is 0.859. The smallest absolute Gasteiger partial charge is 0.0734 e. The van der Waals surface area contributed by atoms with E-state index in [0.717, 1.165) is 39.6 Å². The molecule has 1 N–H and O–H groups in total. The summed E-state index contributed by atoms with van der Waals surface area (Å²) in [6.45, 7) is 5.85. The first-order chi connectivity index (χ1) is 9.79. The lowest BCUT2D eigenvalue weighted by atomic mass is 9.70. The van der Waals surface area contributed by atoms with Gasteiger partial charge < -0.3 is 19.5 Å². The van der Waals surface area contributed by atoms with Gasteiger partial charge in [0.25, 0.3) is 0 Å². The van der Waals surface area contributed by atoms with Gasteiger partial charge in [-0.3, -0.25) is 0 Å². The fourth-order valence-corrected chi connectivity index (χ4v) is 4.71. The fourth-order valence-electron chi connectivity index (χ4n) is 4.71. The lowest BCUT2D eigenvalue weighted by Gasteiger charge is -2.45. The molecule has 0 amide bonds. The predicted molar refractivity (Wildman–Crippen MR) is 75.7 cm³/mol. The molecular weight excluding hydrogens is 254 g/mol. The molecule has 4 heterocycles. The summed E-state index contributed by atoms with van der Waals surface area (Å²) >= 11 is 0. The normalized spacial score (nSPS) is 49.2. The van der Waals surface area contributed by atoms with Gasteiger partial charge in [0.15, 0.2) is 0 Å². The molecule has 0 aromatic rings. The Morgan fingerprint density at radius 2 is 1.50 bits per heavy atom. The van der Waals surface area contributed by atoms with E-state index in [0.29, 0.717) is 23.0 Å². The standard InChI is InChI=1S/C16H27NO3/c1-5-17-13(9-15(1)2-6-18-11-15)14-10-16(4-8-20-14)3-7-19-12-16/h13-14,17H,1-12H2. The molecule has 0 aromatic heterocycles. The largest absolute Gasteiger partial charge is 0.381 e. The topological polar surface area (TPSA) is 39.7 Å². The third-order valence-electron chi connectivity index (χ3n) is 6.13. The Balaban J connectivity index is 1.44. The lowest BCUT2D eigenvalue weighted by molar-refractivity contribution is -0.0792. The molecule has 0 saturated carbocycles. The second-order valence-corrected chi connectivity index (χ2v) is 7.48. The quantitative estimate of drug-likeness (QED) is 0.794. The fraction of sp³-hybridized carbons (Fsp3) is 1.00. The second kappa shape index (κ2) is 5.24. The van der Waals surface area contributed by atoms with E-state index in [2.05, 4.69) is 5.32 Å². The molecule has 4 saturated heterocycles. The molecule has 2 spiro atoms. The van der Waals surface area contributed by atoms with Gasteiger partial charge in [-0.1, -0.05) is 0 Å². The van der Waals surface area contributed by atoms with Crippen LogP contribution in [-0.4, -0.2) is 51.7 Å². The molecule has 4 fully saturated rings. The van der Waals surface area contributed by atoms with E-state index in [1.54, 1.807) is 0 Å². The van der Waals surface area contributed by atoms with Crippen molar-refractivity contribution in [2.24, 2.45) is 10.8 Å². The number of hydrogen-bond acceptors (Lipinski definition) is 4. The van der Waals surface area contributed by atoms with Crippen molar-refractivity contribution in [2.45, 2.75) is 50.7 Å². The van der Waals surface area contributed by atoms with Gasteiger partial charge in [-0.25, -0.2) is 0 Å². The van der Waals surface area contributed by atoms with Crippen molar-refractivity contribution in [3.05, 3.63) is 0 Å². The zero-order chi connectivity index (χ0) is 13.5. The molecule has 4 rings (SSSR count). The van der Waals surface area contributed by atoms with Gasteiger partial charge in [0.05, 0.1) is 19.3 Å². The predicted octanol–water partition coefficient (Wildman–Crippen LogP) is 1.73. The van der Waals surface area contributed by atoms with Gasteiger partial charge in [0.1, 0.15) is 0 Å². The van der Waals surface area contributed by atoms with Crippen LogP contribution in [0, 0.1) is 10.8 Å². The van der Waals surface area contributed by atoms with Crippen LogP contribution in [0.1, 0.15) is 38.5 Å². The van der Waals surface area contributed by atoms with Gasteiger partial charge in [-0.15, -0.1) is 0 Å². The second-order valence-electron chi connectivity index (χ2n) is 7.48. The molecule has 4 aliphatic rings. The maximum atomic E-state index is 6.15. The Labute approximate surface area is 121 Å². The molecule has 4 unspecified atom stereocenters. The molecule has 0 bridgehead atoms. The van der Waals surface area contributed by atoms with Crippen molar-refractivity contribution in [2.75, 3.05) is 39.6 Å². The van der Waals surface area contributed by atoms with Crippen LogP contribution >= 0.6 is 0 Å². The Bertz CT molecular complexity index is 314. The number of ether oxygens (including phenoxy) is 3. The third-order valence-corrected chi connectivity index (χ3v) is 6.13. The summed E-state index contributed by atoms with van der Waals surface area (Å²) < 4.78 is 17.5. The Hall–Kier alpha value is -0.160. The lowest BCUT2D eigenvalue weighted by Crippen LogP contribution is -2.54. The molecule has 0 aliphatic carbocycles. The number of nitrogens with one attached hydrogen (secondary N) is 1. The zero-order valence-corrected chi connectivity index (χ0v) is 12.4. The van der Waals surface area contributed by atoms with Gasteiger partial charge in [-0.05, 0) is 50.5 Å². The molecule has 20 heavy (non-hydrogen) atoms. The third kappa shape index (κ3) is 2.41. The van der Waals surface area contributed by atoms with Crippen LogP contribution in [0.5, 0.6) is 0 Å². The number of hydrogen-bond donors (Lipinski definition) is 1. The van der Waals surface area contributed by atoms with Crippen molar-refractivity contribution in [1.29, 1.82) is 0 Å². The average molecular weight is 281 g/mol. The highest BCUT2D eigenvalue weighted by molar-refractivity contribution is 4.99. The first-order valence-corrected chi connectivity index (χ1v) is 8.30. The van der Waals surface area contributed by atoms with Crippen LogP contribution in [0.4, 0.5) is 0 Å². The van der Waals surface area contributed by atoms with Crippen LogP contribution < -0.4 is 5.32 Å². The molecule has 4 heteroatoms. The van der Waals surface area contributed by atoms with E-state index < -0.39 is 0 Å². The van der Waals surface area contributed by atoms with Crippen LogP contribution in [0.2, 0.25) is 0 Å². The van der Waals surface area contributed by atoms with Gasteiger partial charge in [0.2, 0.25) is 0 Å². The minimum Gasteiger partial charge on any atom is -0.381 e. The van der Waals surface area contributed by atoms with Gasteiger partial charge in [0, 0.05) is 31.3 Å². The zero-order valence-electron chi connectivity index (χ0n) is 12.4. The first kappa shape index (κ1) is 13.5. The summed E-state index contributed by atoms with van der Waals surface area (Å²) in [7, 11) is 0. The highest BCUT2D eigenvalue weighted by atomic mass is 16.5. The van der Waals surface area contributed by atoms with Crippen LogP contribution in [0.25, 0.3) is 0 Å². The minimum absolute atomic E-state index is 0.378. The summed E-state index contributed by atoms with van der Waals surface area (Å²) in [6, 6.07) is 0.517. The average Bonchev–Trinajstić information content (AvgIpc) is 3.10. The van der Waals surface area contributed by atoms with Gasteiger partial charge in [-0.2, -0.15) is 0 Å². The highest BCUT2D eigenvalue weighted by Crippen LogP contribution is 2.45. The van der Waals surface area contributed by atoms with Crippen molar-refractivity contribution >= 4 is 0 Å². The summed E-state index contributed by atoms with van der Waals surface area (Å²) in [4.78, 5) is 0. The van der Waals surface area contributed by atoms with Crippen LogP contribution in [0.15, 0.2) is 0 Å². The van der Waals surface area contributed by atoms with Crippen molar-refractivity contribution in [1.82, 2.24) is 5.32 Å². The maximum absolute atomic E-state index is 6.15. The summed E-state index contributed by atoms with van der Waals surface area (Å²) in [5.74, 6) is 0. The molecule has 0 radical (unpaired) electrons. The summed E-state index contributed by atoms with van der Waals surface area (Å²) in [5, 5.41) is 3.72. The van der Waals surface area contributed by atoms with E-state index in [-0.39, 0.29) is 0 Å². The molecule has 4 nitrogen and oxygen atoms in total. The SMILES string of the molecule is C1CC2(CCOC2)CC(C2CC3(CCOC3)CCO2)N1. The van der Waals surface area contributed by atoms with Crippen LogP contribution in [0.3, 0.4) is 0 Å². The minimum atomic E-state index is 0.378. The molecule has 4 atom stereocenters.